The number of nitrogens with one attached hydrogen (secondary N) is 1. The number of thiocarbonyl (C=S) groups is 1. The molecular formula is C12H15N3OS. The van der Waals surface area contributed by atoms with Gasteiger partial charge in [-0.3, -0.25) is 5.43 Å². The SMILES string of the molecule is CCOc1ccc(/C=C/C=N/NC(N)=S)cc1. The second-order valence-corrected chi connectivity index (χ2v) is 3.56. The molecule has 1 aromatic carbocycles. The van der Waals surface area contributed by atoms with Crippen molar-refractivity contribution in [1.29, 1.82) is 0 Å². The zero-order valence-electron chi connectivity index (χ0n) is 9.59. The van der Waals surface area contributed by atoms with Crippen LogP contribution in [0.3, 0.4) is 0 Å². The fourth-order valence-corrected chi connectivity index (χ4v) is 1.19. The summed E-state index contributed by atoms with van der Waals surface area (Å²) in [6.07, 6.45) is 5.29. The van der Waals surface area contributed by atoms with Crippen molar-refractivity contribution >= 4 is 29.6 Å². The Hall–Kier alpha value is -1.88. The fourth-order valence-electron chi connectivity index (χ4n) is 1.14. The molecule has 1 aromatic rings. The molecule has 0 saturated heterocycles. The minimum absolute atomic E-state index is 0.149. The van der Waals surface area contributed by atoms with Gasteiger partial charge in [-0.25, -0.2) is 0 Å². The number of hydrogen-bond acceptors (Lipinski definition) is 3. The zero-order chi connectivity index (χ0) is 12.5. The van der Waals surface area contributed by atoms with E-state index in [9.17, 15) is 0 Å². The minimum Gasteiger partial charge on any atom is -0.494 e. The van der Waals surface area contributed by atoms with Gasteiger partial charge in [0.2, 0.25) is 0 Å². The van der Waals surface area contributed by atoms with Gasteiger partial charge in [0.25, 0.3) is 0 Å². The third kappa shape index (κ3) is 5.67. The van der Waals surface area contributed by atoms with Gasteiger partial charge in [-0.05, 0) is 42.9 Å². The summed E-state index contributed by atoms with van der Waals surface area (Å²) in [6, 6.07) is 7.79. The van der Waals surface area contributed by atoms with Crippen molar-refractivity contribution < 1.29 is 4.74 Å². The molecule has 5 heteroatoms. The smallest absolute Gasteiger partial charge is 0.184 e. The number of nitrogens with two attached hydrogens (primary N) is 1. The number of allylic oxidation sites excluding steroid dienone is 1. The van der Waals surface area contributed by atoms with E-state index < -0.39 is 0 Å². The van der Waals surface area contributed by atoms with E-state index >= 15 is 0 Å². The van der Waals surface area contributed by atoms with E-state index in [1.54, 1.807) is 12.3 Å². The monoisotopic (exact) mass is 249 g/mol. The lowest BCUT2D eigenvalue weighted by atomic mass is 10.2. The first-order chi connectivity index (χ1) is 8.22. The molecule has 1 rings (SSSR count). The van der Waals surface area contributed by atoms with Gasteiger partial charge in [0.1, 0.15) is 5.75 Å². The second-order valence-electron chi connectivity index (χ2n) is 3.12. The van der Waals surface area contributed by atoms with Crippen LogP contribution in [0.2, 0.25) is 0 Å². The molecule has 0 radical (unpaired) electrons. The number of rotatable bonds is 5. The van der Waals surface area contributed by atoms with Gasteiger partial charge in [0.15, 0.2) is 5.11 Å². The van der Waals surface area contributed by atoms with Gasteiger partial charge >= 0.3 is 0 Å². The summed E-state index contributed by atoms with van der Waals surface area (Å²) in [5.41, 5.74) is 8.73. The first-order valence-electron chi connectivity index (χ1n) is 5.20. The molecule has 90 valence electrons. The van der Waals surface area contributed by atoms with Gasteiger partial charge < -0.3 is 10.5 Å². The third-order valence-corrected chi connectivity index (χ3v) is 1.91. The third-order valence-electron chi connectivity index (χ3n) is 1.82. The van der Waals surface area contributed by atoms with Gasteiger partial charge in [-0.15, -0.1) is 0 Å². The summed E-state index contributed by atoms with van der Waals surface area (Å²) in [6.45, 7) is 2.63. The molecular weight excluding hydrogens is 234 g/mol. The van der Waals surface area contributed by atoms with Crippen LogP contribution in [0.25, 0.3) is 6.08 Å². The summed E-state index contributed by atoms with van der Waals surface area (Å²) >= 11 is 4.59. The Labute approximate surface area is 106 Å². The van der Waals surface area contributed by atoms with Crippen molar-refractivity contribution in [1.82, 2.24) is 5.43 Å². The molecule has 0 heterocycles. The standard InChI is InChI=1S/C12H15N3OS/c1-2-16-11-7-5-10(6-8-11)4-3-9-14-15-12(13)17/h3-9H,2H2,1H3,(H3,13,15,17)/b4-3+,14-9+. The molecule has 0 aliphatic rings. The summed E-state index contributed by atoms with van der Waals surface area (Å²) in [5, 5.41) is 3.93. The lowest BCUT2D eigenvalue weighted by Crippen LogP contribution is -2.23. The Morgan fingerprint density at radius 1 is 1.47 bits per heavy atom. The van der Waals surface area contributed by atoms with Crippen LogP contribution in [-0.2, 0) is 0 Å². The van der Waals surface area contributed by atoms with Crippen molar-refractivity contribution in [3.8, 4) is 5.75 Å². The first kappa shape index (κ1) is 13.2. The highest BCUT2D eigenvalue weighted by atomic mass is 32.1. The van der Waals surface area contributed by atoms with Gasteiger partial charge in [-0.1, -0.05) is 18.2 Å². The minimum atomic E-state index is 0.149. The van der Waals surface area contributed by atoms with E-state index in [-0.39, 0.29) is 5.11 Å². The Bertz CT molecular complexity index is 412. The Morgan fingerprint density at radius 2 is 2.18 bits per heavy atom. The lowest BCUT2D eigenvalue weighted by Gasteiger charge is -2.01. The number of hydrazone groups is 1. The average molecular weight is 249 g/mol. The lowest BCUT2D eigenvalue weighted by molar-refractivity contribution is 0.340. The normalized spacial score (nSPS) is 10.9. The highest BCUT2D eigenvalue weighted by Gasteiger charge is 1.90. The first-order valence-corrected chi connectivity index (χ1v) is 5.61. The molecule has 0 aliphatic carbocycles. The predicted molar refractivity (Wildman–Crippen MR) is 75.1 cm³/mol. The maximum absolute atomic E-state index is 5.34. The van der Waals surface area contributed by atoms with Crippen molar-refractivity contribution in [3.63, 3.8) is 0 Å². The van der Waals surface area contributed by atoms with Crippen molar-refractivity contribution in [2.45, 2.75) is 6.92 Å². The van der Waals surface area contributed by atoms with Crippen LogP contribution in [0.1, 0.15) is 12.5 Å². The molecule has 0 amide bonds. The molecule has 0 fully saturated rings. The average Bonchev–Trinajstić information content (AvgIpc) is 2.31. The molecule has 0 unspecified atom stereocenters. The van der Waals surface area contributed by atoms with Crippen molar-refractivity contribution in [2.75, 3.05) is 6.61 Å². The van der Waals surface area contributed by atoms with Crippen molar-refractivity contribution in [3.05, 3.63) is 35.9 Å². The van der Waals surface area contributed by atoms with Gasteiger partial charge in [0.05, 0.1) is 6.61 Å². The van der Waals surface area contributed by atoms with Crippen LogP contribution >= 0.6 is 12.2 Å². The Morgan fingerprint density at radius 3 is 2.76 bits per heavy atom. The predicted octanol–water partition coefficient (Wildman–Crippen LogP) is 1.92. The number of benzene rings is 1. The van der Waals surface area contributed by atoms with Crippen LogP contribution in [0, 0.1) is 0 Å². The summed E-state index contributed by atoms with van der Waals surface area (Å²) in [4.78, 5) is 0. The maximum atomic E-state index is 5.34. The molecule has 0 saturated carbocycles. The van der Waals surface area contributed by atoms with E-state index in [1.165, 1.54) is 0 Å². The highest BCUT2D eigenvalue weighted by molar-refractivity contribution is 7.80. The Kier molecular flexibility index (Phi) is 5.74. The zero-order valence-corrected chi connectivity index (χ0v) is 10.4. The summed E-state index contributed by atoms with van der Waals surface area (Å²) in [7, 11) is 0. The van der Waals surface area contributed by atoms with Crippen LogP contribution in [0.5, 0.6) is 5.75 Å². The molecule has 0 atom stereocenters. The molecule has 0 aliphatic heterocycles. The van der Waals surface area contributed by atoms with Gasteiger partial charge in [0, 0.05) is 6.21 Å². The van der Waals surface area contributed by atoms with Gasteiger partial charge in [-0.2, -0.15) is 5.10 Å². The van der Waals surface area contributed by atoms with Crippen LogP contribution in [0.4, 0.5) is 0 Å². The topological polar surface area (TPSA) is 59.6 Å². The quantitative estimate of drug-likeness (QED) is 0.475. The van der Waals surface area contributed by atoms with E-state index in [4.69, 9.17) is 10.5 Å². The molecule has 0 spiro atoms. The summed E-state index contributed by atoms with van der Waals surface area (Å²) in [5.74, 6) is 0.869. The van der Waals surface area contributed by atoms with E-state index in [0.717, 1.165) is 11.3 Å². The maximum Gasteiger partial charge on any atom is 0.184 e. The largest absolute Gasteiger partial charge is 0.494 e. The van der Waals surface area contributed by atoms with Crippen molar-refractivity contribution in [2.24, 2.45) is 10.8 Å². The molecule has 3 N–H and O–H groups in total. The van der Waals surface area contributed by atoms with E-state index in [2.05, 4.69) is 22.7 Å². The number of hydrogen-bond donors (Lipinski definition) is 2. The second kappa shape index (κ2) is 7.40. The number of ether oxygens (including phenoxy) is 1. The van der Waals surface area contributed by atoms with Crippen LogP contribution in [-0.4, -0.2) is 17.9 Å². The molecule has 0 aromatic heterocycles. The van der Waals surface area contributed by atoms with Crippen LogP contribution in [0.15, 0.2) is 35.4 Å². The molecule has 17 heavy (non-hydrogen) atoms. The van der Waals surface area contributed by atoms with E-state index in [0.29, 0.717) is 6.61 Å². The number of nitrogens with zero attached hydrogens (tertiary/aromatic N) is 1. The van der Waals surface area contributed by atoms with E-state index in [1.807, 2.05) is 37.3 Å². The summed E-state index contributed by atoms with van der Waals surface area (Å²) < 4.78 is 5.34. The molecule has 0 bridgehead atoms. The fraction of sp³-hybridized carbons (Fsp3) is 0.167. The van der Waals surface area contributed by atoms with Crippen LogP contribution < -0.4 is 15.9 Å². The highest BCUT2D eigenvalue weighted by Crippen LogP contribution is 2.12. The molecule has 4 nitrogen and oxygen atoms in total. The Balaban J connectivity index is 2.48.